The lowest BCUT2D eigenvalue weighted by molar-refractivity contribution is 0.110. The summed E-state index contributed by atoms with van der Waals surface area (Å²) in [7, 11) is 3.19. The van der Waals surface area contributed by atoms with Crippen molar-refractivity contribution < 1.29 is 17.1 Å². The van der Waals surface area contributed by atoms with Gasteiger partial charge < -0.3 is 17.1 Å². The number of hydrogen-bond acceptors (Lipinski definition) is 4. The van der Waals surface area contributed by atoms with Crippen LogP contribution in [0.3, 0.4) is 0 Å². The Labute approximate surface area is 75.0 Å². The van der Waals surface area contributed by atoms with Crippen LogP contribution in [0.4, 0.5) is 0 Å². The summed E-state index contributed by atoms with van der Waals surface area (Å²) < 4.78 is 26.9. The van der Waals surface area contributed by atoms with Crippen molar-refractivity contribution in [1.82, 2.24) is 0 Å². The van der Waals surface area contributed by atoms with Crippen LogP contribution < -0.4 is 0 Å². The van der Waals surface area contributed by atoms with E-state index in [-0.39, 0.29) is 0 Å². The van der Waals surface area contributed by atoms with Gasteiger partial charge in [-0.25, -0.2) is 0 Å². The SMILES string of the molecule is [2H][Al]([O]CCOC)[O]CCOC. The van der Waals surface area contributed by atoms with Crippen molar-refractivity contribution in [3.8, 4) is 0 Å². The fourth-order valence-electron chi connectivity index (χ4n) is 0.407. The first-order chi connectivity index (χ1) is 5.81. The van der Waals surface area contributed by atoms with E-state index in [0.29, 0.717) is 26.4 Å². The van der Waals surface area contributed by atoms with E-state index in [1.54, 1.807) is 14.2 Å². The van der Waals surface area contributed by atoms with E-state index in [9.17, 15) is 0 Å². The van der Waals surface area contributed by atoms with Crippen LogP contribution in [-0.4, -0.2) is 57.3 Å². The third-order valence-electron chi connectivity index (χ3n) is 0.947. The molecule has 0 amide bonds. The minimum absolute atomic E-state index is 0.434. The largest absolute Gasteiger partial charge is 0.649 e. The van der Waals surface area contributed by atoms with Crippen LogP contribution in [0.5, 0.6) is 0 Å². The second kappa shape index (κ2) is 10.4. The summed E-state index contributed by atoms with van der Waals surface area (Å²) >= 11 is -2.18. The van der Waals surface area contributed by atoms with Crippen molar-refractivity contribution in [1.29, 1.82) is 0.939 Å². The maximum absolute atomic E-state index is 7.31. The summed E-state index contributed by atoms with van der Waals surface area (Å²) in [5, 5.41) is 0. The van der Waals surface area contributed by atoms with Crippen molar-refractivity contribution in [2.45, 2.75) is 0 Å². The van der Waals surface area contributed by atoms with Gasteiger partial charge in [0.2, 0.25) is 0 Å². The summed E-state index contributed by atoms with van der Waals surface area (Å²) in [6.07, 6.45) is 0. The third-order valence-corrected chi connectivity index (χ3v) is 1.69. The van der Waals surface area contributed by atoms with Gasteiger partial charge in [-0.1, -0.05) is 0 Å². The Balaban J connectivity index is 3.04. The summed E-state index contributed by atoms with van der Waals surface area (Å²) in [5.41, 5.74) is 0. The summed E-state index contributed by atoms with van der Waals surface area (Å²) in [4.78, 5) is 0. The fraction of sp³-hybridized carbons (Fsp3) is 1.00. The van der Waals surface area contributed by atoms with E-state index >= 15 is 0 Å². The second-order valence-electron chi connectivity index (χ2n) is 1.82. The van der Waals surface area contributed by atoms with Crippen LogP contribution >= 0.6 is 0 Å². The molecule has 66 valence electrons. The predicted molar refractivity (Wildman–Crippen MR) is 42.8 cm³/mol. The number of hydrogen-bond donors (Lipinski definition) is 0. The number of methoxy groups -OCH3 is 2. The van der Waals surface area contributed by atoms with Crippen molar-refractivity contribution in [2.24, 2.45) is 0 Å². The molecule has 0 rings (SSSR count). The fourth-order valence-corrected chi connectivity index (χ4v) is 0.888. The lowest BCUT2D eigenvalue weighted by Crippen LogP contribution is -2.12. The van der Waals surface area contributed by atoms with E-state index in [2.05, 4.69) is 0 Å². The molecule has 0 aliphatic rings. The van der Waals surface area contributed by atoms with E-state index in [4.69, 9.17) is 18.0 Å². The first kappa shape index (κ1) is 9.46. The van der Waals surface area contributed by atoms with Gasteiger partial charge in [0.25, 0.3) is 0 Å². The van der Waals surface area contributed by atoms with Crippen LogP contribution in [-0.2, 0) is 17.1 Å². The topological polar surface area (TPSA) is 36.9 Å². The quantitative estimate of drug-likeness (QED) is 0.374. The maximum atomic E-state index is 7.31. The molecule has 0 fully saturated rings. The molecule has 0 aromatic heterocycles. The van der Waals surface area contributed by atoms with Crippen molar-refractivity contribution in [3.05, 3.63) is 0 Å². The summed E-state index contributed by atoms with van der Waals surface area (Å²) in [5.74, 6) is 0. The van der Waals surface area contributed by atoms with Gasteiger partial charge in [0.15, 0.2) is 0 Å². The molecule has 0 aromatic carbocycles. The molecule has 0 aliphatic heterocycles. The van der Waals surface area contributed by atoms with Gasteiger partial charge in [-0.15, -0.1) is 0 Å². The van der Waals surface area contributed by atoms with Crippen LogP contribution in [0.1, 0.15) is 0 Å². The van der Waals surface area contributed by atoms with E-state index in [1.807, 2.05) is 0 Å². The molecular weight excluding hydrogens is 163 g/mol. The molecular formula is C6H15AlO4. The normalized spacial score (nSPS) is 11.3. The standard InChI is InChI=1S/2C3H7O2.Al.H/c2*1-5-3-2-4;;/h2*2-3H2,1H3;;/q2*-1;+2;/i;;;1+1. The van der Waals surface area contributed by atoms with Crippen molar-refractivity contribution >= 4 is 15.8 Å². The average molecular weight is 179 g/mol. The minimum atomic E-state index is -2.18. The van der Waals surface area contributed by atoms with E-state index in [0.717, 1.165) is 0 Å². The van der Waals surface area contributed by atoms with Crippen LogP contribution in [0, 0.1) is 0 Å². The smallest absolute Gasteiger partial charge is 0.479 e. The molecule has 0 bridgehead atoms. The summed E-state index contributed by atoms with van der Waals surface area (Å²) in [6, 6.07) is 0. The first-order valence-corrected chi connectivity index (χ1v) is 4.39. The maximum Gasteiger partial charge on any atom is 0.649 e. The number of ether oxygens (including phenoxy) is 2. The molecule has 0 atom stereocenters. The molecule has 0 spiro atoms. The highest BCUT2D eigenvalue weighted by Crippen LogP contribution is 1.76. The Kier molecular flexibility index (Phi) is 8.92. The van der Waals surface area contributed by atoms with Gasteiger partial charge in [0.05, 0.1) is 13.2 Å². The zero-order valence-electron chi connectivity index (χ0n) is 8.04. The molecule has 0 N–H and O–H groups in total. The lowest BCUT2D eigenvalue weighted by atomic mass is 10.8. The summed E-state index contributed by atoms with van der Waals surface area (Å²) in [6.45, 7) is 1.89. The Morgan fingerprint density at radius 2 is 1.45 bits per heavy atom. The highest BCUT2D eigenvalue weighted by atomic mass is 27.2. The highest BCUT2D eigenvalue weighted by Gasteiger charge is 1.95. The van der Waals surface area contributed by atoms with Crippen molar-refractivity contribution in [2.75, 3.05) is 40.6 Å². The highest BCUT2D eigenvalue weighted by molar-refractivity contribution is 6.17. The molecule has 0 aromatic rings. The molecule has 0 saturated carbocycles. The number of rotatable bonds is 8. The average Bonchev–Trinajstić information content (AvgIpc) is 2.06. The van der Waals surface area contributed by atoms with Gasteiger partial charge in [-0.3, -0.25) is 0 Å². The Morgan fingerprint density at radius 1 is 1.00 bits per heavy atom. The van der Waals surface area contributed by atoms with Crippen LogP contribution in [0.15, 0.2) is 0 Å². The Morgan fingerprint density at radius 3 is 1.82 bits per heavy atom. The van der Waals surface area contributed by atoms with Crippen molar-refractivity contribution in [3.63, 3.8) is 0 Å². The first-order valence-electron chi connectivity index (χ1n) is 4.02. The second-order valence-corrected chi connectivity index (χ2v) is 2.68. The van der Waals surface area contributed by atoms with Gasteiger partial charge in [-0.05, 0) is 0 Å². The van der Waals surface area contributed by atoms with Gasteiger partial charge >= 0.3 is 15.8 Å². The lowest BCUT2D eigenvalue weighted by Gasteiger charge is -2.02. The molecule has 0 radical (unpaired) electrons. The molecule has 4 nitrogen and oxygen atoms in total. The van der Waals surface area contributed by atoms with Crippen LogP contribution in [0.25, 0.3) is 0 Å². The van der Waals surface area contributed by atoms with Crippen LogP contribution in [0.2, 0.25) is 0 Å². The Hall–Kier alpha value is 0.372. The minimum Gasteiger partial charge on any atom is -0.479 e. The van der Waals surface area contributed by atoms with Gasteiger partial charge in [0, 0.05) is 28.4 Å². The molecule has 0 aliphatic carbocycles. The molecule has 11 heavy (non-hydrogen) atoms. The van der Waals surface area contributed by atoms with Gasteiger partial charge in [0.1, 0.15) is 0 Å². The zero-order valence-corrected chi connectivity index (χ0v) is 8.19. The zero-order chi connectivity index (χ0) is 9.23. The molecule has 0 heterocycles. The van der Waals surface area contributed by atoms with E-state index < -0.39 is 15.8 Å². The monoisotopic (exact) mass is 179 g/mol. The Bertz CT molecular complexity index is 85.6. The molecule has 0 unspecified atom stereocenters. The van der Waals surface area contributed by atoms with Gasteiger partial charge in [-0.2, -0.15) is 0 Å². The molecule has 0 saturated heterocycles. The van der Waals surface area contributed by atoms with E-state index in [1.165, 1.54) is 0 Å². The predicted octanol–water partition coefficient (Wildman–Crippen LogP) is -0.421. The third kappa shape index (κ3) is 10.4. The molecule has 5 heteroatoms.